The van der Waals surface area contributed by atoms with Gasteiger partial charge in [0.15, 0.2) is 11.8 Å². The molecule has 0 spiro atoms. The van der Waals surface area contributed by atoms with Crippen LogP contribution in [-0.4, -0.2) is 52.8 Å². The fourth-order valence-corrected chi connectivity index (χ4v) is 4.75. The quantitative estimate of drug-likeness (QED) is 0.626. The highest BCUT2D eigenvalue weighted by Gasteiger charge is 2.57. The Morgan fingerprint density at radius 2 is 2.09 bits per heavy atom. The summed E-state index contributed by atoms with van der Waals surface area (Å²) >= 11 is 1.38. The van der Waals surface area contributed by atoms with Gasteiger partial charge in [-0.3, -0.25) is 4.79 Å². The summed E-state index contributed by atoms with van der Waals surface area (Å²) < 4.78 is 61.8. The van der Waals surface area contributed by atoms with Gasteiger partial charge in [0.1, 0.15) is 17.1 Å². The topological polar surface area (TPSA) is 112 Å². The van der Waals surface area contributed by atoms with E-state index in [9.17, 15) is 22.4 Å². The van der Waals surface area contributed by atoms with Crippen molar-refractivity contribution in [2.24, 2.45) is 16.1 Å². The van der Waals surface area contributed by atoms with Crippen LogP contribution in [0.5, 0.6) is 5.88 Å². The number of halogens is 4. The number of alkyl halides is 3. The molecule has 3 N–H and O–H groups in total. The van der Waals surface area contributed by atoms with Crippen molar-refractivity contribution in [3.8, 4) is 5.88 Å². The molecular formula is C20H19F4N5O3S. The minimum absolute atomic E-state index is 0.143. The van der Waals surface area contributed by atoms with Crippen LogP contribution in [0, 0.1) is 11.2 Å². The van der Waals surface area contributed by atoms with E-state index in [-0.39, 0.29) is 29.4 Å². The zero-order valence-electron chi connectivity index (χ0n) is 17.3. The van der Waals surface area contributed by atoms with Crippen LogP contribution in [0.2, 0.25) is 0 Å². The molecule has 2 aromatic rings. The molecule has 3 heterocycles. The Morgan fingerprint density at radius 1 is 1.30 bits per heavy atom. The van der Waals surface area contributed by atoms with Crippen LogP contribution in [0.25, 0.3) is 0 Å². The maximum absolute atomic E-state index is 14.9. The van der Waals surface area contributed by atoms with Crippen LogP contribution in [0.1, 0.15) is 23.0 Å². The normalized spacial score (nSPS) is 24.7. The van der Waals surface area contributed by atoms with Crippen molar-refractivity contribution in [3.05, 3.63) is 47.7 Å². The number of thioether (sulfide) groups is 1. The predicted octanol–water partition coefficient (Wildman–Crippen LogP) is 3.10. The molecule has 0 radical (unpaired) electrons. The molecule has 0 bridgehead atoms. The Balaban J connectivity index is 1.55. The summed E-state index contributed by atoms with van der Waals surface area (Å²) in [7, 11) is 0. The molecule has 1 fully saturated rings. The van der Waals surface area contributed by atoms with Crippen LogP contribution < -0.4 is 15.8 Å². The van der Waals surface area contributed by atoms with Gasteiger partial charge < -0.3 is 20.5 Å². The van der Waals surface area contributed by atoms with Crippen LogP contribution in [0.3, 0.4) is 0 Å². The first kappa shape index (κ1) is 23.2. The number of benzene rings is 1. The number of nitrogens with one attached hydrogen (secondary N) is 1. The Labute approximate surface area is 190 Å². The monoisotopic (exact) mass is 485 g/mol. The molecule has 1 amide bonds. The first-order valence-corrected chi connectivity index (χ1v) is 10.7. The van der Waals surface area contributed by atoms with E-state index in [4.69, 9.17) is 10.5 Å². The van der Waals surface area contributed by atoms with Gasteiger partial charge >= 0.3 is 6.18 Å². The van der Waals surface area contributed by atoms with Gasteiger partial charge in [-0.1, -0.05) is 18.7 Å². The van der Waals surface area contributed by atoms with Crippen molar-refractivity contribution in [1.29, 1.82) is 0 Å². The highest BCUT2D eigenvalue weighted by atomic mass is 32.2. The van der Waals surface area contributed by atoms with E-state index in [1.807, 2.05) is 6.92 Å². The van der Waals surface area contributed by atoms with Gasteiger partial charge in [-0.05, 0) is 18.2 Å². The Kier molecular flexibility index (Phi) is 5.95. The van der Waals surface area contributed by atoms with E-state index in [0.29, 0.717) is 17.5 Å². The predicted molar refractivity (Wildman–Crippen MR) is 113 cm³/mol. The van der Waals surface area contributed by atoms with Crippen molar-refractivity contribution in [3.63, 3.8) is 0 Å². The lowest BCUT2D eigenvalue weighted by molar-refractivity contribution is -0.154. The number of carbonyl (C=O) groups is 1. The molecule has 1 saturated heterocycles. The highest BCUT2D eigenvalue weighted by Crippen LogP contribution is 2.53. The first-order valence-electron chi connectivity index (χ1n) is 9.70. The summed E-state index contributed by atoms with van der Waals surface area (Å²) in [5.41, 5.74) is 4.76. The second-order valence-corrected chi connectivity index (χ2v) is 8.94. The molecule has 176 valence electrons. The van der Waals surface area contributed by atoms with Gasteiger partial charge in [0, 0.05) is 22.4 Å². The number of fused-ring (bicyclic) bond motifs is 1. The minimum Gasteiger partial charge on any atom is -0.467 e. The molecule has 4 rings (SSSR count). The number of hydrogen-bond acceptors (Lipinski definition) is 8. The number of anilines is 1. The first-order chi connectivity index (χ1) is 15.5. The minimum atomic E-state index is -4.52. The molecule has 8 nitrogen and oxygen atoms in total. The smallest absolute Gasteiger partial charge is 0.422 e. The van der Waals surface area contributed by atoms with Crippen molar-refractivity contribution in [2.45, 2.75) is 18.6 Å². The largest absolute Gasteiger partial charge is 0.467 e. The zero-order valence-corrected chi connectivity index (χ0v) is 18.1. The van der Waals surface area contributed by atoms with Crippen molar-refractivity contribution in [2.75, 3.05) is 30.9 Å². The lowest BCUT2D eigenvalue weighted by Crippen LogP contribution is -2.48. The molecule has 13 heteroatoms. The number of carbonyl (C=O) groups excluding carboxylic acids is 1. The average Bonchev–Trinajstić information content (AvgIpc) is 3.10. The van der Waals surface area contributed by atoms with E-state index in [1.165, 1.54) is 30.0 Å². The third-order valence-electron chi connectivity index (χ3n) is 5.48. The maximum atomic E-state index is 14.9. The number of hydrogen-bond donors (Lipinski definition) is 2. The Bertz CT molecular complexity index is 1100. The van der Waals surface area contributed by atoms with Crippen molar-refractivity contribution < 1.29 is 31.8 Å². The Morgan fingerprint density at radius 3 is 2.79 bits per heavy atom. The number of amides is 1. The molecule has 0 saturated carbocycles. The van der Waals surface area contributed by atoms with Gasteiger partial charge in [0.25, 0.3) is 5.91 Å². The molecule has 1 aromatic carbocycles. The number of aliphatic imine (C=N–C) groups is 1. The van der Waals surface area contributed by atoms with E-state index >= 15 is 0 Å². The third-order valence-corrected chi connectivity index (χ3v) is 6.65. The van der Waals surface area contributed by atoms with Crippen LogP contribution in [-0.2, 0) is 10.3 Å². The van der Waals surface area contributed by atoms with Crippen LogP contribution in [0.4, 0.5) is 23.2 Å². The third kappa shape index (κ3) is 4.60. The molecular weight excluding hydrogens is 466 g/mol. The number of aromatic nitrogens is 2. The van der Waals surface area contributed by atoms with Crippen LogP contribution >= 0.6 is 11.8 Å². The molecule has 0 aliphatic carbocycles. The fraction of sp³-hybridized carbons (Fsp3) is 0.400. The van der Waals surface area contributed by atoms with Gasteiger partial charge in [-0.2, -0.15) is 13.2 Å². The molecule has 33 heavy (non-hydrogen) atoms. The second kappa shape index (κ2) is 8.45. The number of nitrogens with two attached hydrogens (primary N) is 1. The number of nitrogens with zero attached hydrogens (tertiary/aromatic N) is 3. The second-order valence-electron chi connectivity index (χ2n) is 7.94. The van der Waals surface area contributed by atoms with E-state index in [2.05, 4.69) is 25.0 Å². The molecule has 2 aliphatic rings. The van der Waals surface area contributed by atoms with E-state index in [1.54, 1.807) is 0 Å². The van der Waals surface area contributed by atoms with Gasteiger partial charge in [-0.15, -0.1) is 0 Å². The Hall–Kier alpha value is -2.93. The molecule has 2 aliphatic heterocycles. The molecule has 2 unspecified atom stereocenters. The number of rotatable bonds is 5. The van der Waals surface area contributed by atoms with Crippen molar-refractivity contribution >= 4 is 28.5 Å². The summed E-state index contributed by atoms with van der Waals surface area (Å²) in [6.45, 7) is 0.947. The van der Waals surface area contributed by atoms with Gasteiger partial charge in [0.05, 0.1) is 25.6 Å². The summed E-state index contributed by atoms with van der Waals surface area (Å²) in [4.78, 5) is 24.5. The molecule has 2 atom stereocenters. The van der Waals surface area contributed by atoms with Crippen molar-refractivity contribution in [1.82, 2.24) is 9.97 Å². The van der Waals surface area contributed by atoms with E-state index < -0.39 is 35.5 Å². The fourth-order valence-electron chi connectivity index (χ4n) is 3.74. The number of ether oxygens (including phenoxy) is 2. The maximum Gasteiger partial charge on any atom is 0.422 e. The lowest BCUT2D eigenvalue weighted by Gasteiger charge is -2.42. The molecule has 1 aromatic heterocycles. The van der Waals surface area contributed by atoms with Gasteiger partial charge in [0.2, 0.25) is 5.88 Å². The zero-order chi connectivity index (χ0) is 23.9. The van der Waals surface area contributed by atoms with Crippen LogP contribution in [0.15, 0.2) is 35.6 Å². The standard InChI is InChI=1S/C20H19F4N5O3S/c1-18-7-31-8-19(18,29-17(25)33-10-18)12-4-11(2-3-13(12)21)28-16(30)14-5-27-15(6-26-14)32-9-20(22,23)24/h2-6H,7-10H2,1H3,(H2,25,29)(H,28,30). The van der Waals surface area contributed by atoms with Gasteiger partial charge in [-0.25, -0.2) is 19.4 Å². The summed E-state index contributed by atoms with van der Waals surface area (Å²) in [6.07, 6.45) is -2.63. The average molecular weight is 485 g/mol. The SMILES string of the molecule is CC12COCC1(c1cc(NC(=O)c3cnc(OCC(F)(F)F)cn3)ccc1F)N=C(N)SC2. The highest BCUT2D eigenvalue weighted by molar-refractivity contribution is 8.13. The number of amidine groups is 1. The lowest BCUT2D eigenvalue weighted by atomic mass is 9.70. The summed E-state index contributed by atoms with van der Waals surface area (Å²) in [6, 6.07) is 4.06. The summed E-state index contributed by atoms with van der Waals surface area (Å²) in [5.74, 6) is -0.985. The van der Waals surface area contributed by atoms with E-state index in [0.717, 1.165) is 12.4 Å². The summed E-state index contributed by atoms with van der Waals surface area (Å²) in [5, 5.41) is 2.91.